The zero-order valence-corrected chi connectivity index (χ0v) is 14.7. The van der Waals surface area contributed by atoms with Crippen molar-refractivity contribution in [3.8, 4) is 5.75 Å². The van der Waals surface area contributed by atoms with Crippen molar-refractivity contribution in [2.45, 2.75) is 16.3 Å². The second-order valence-corrected chi connectivity index (χ2v) is 7.26. The Morgan fingerprint density at radius 3 is 2.76 bits per heavy atom. The highest BCUT2D eigenvalue weighted by Gasteiger charge is 2.13. The summed E-state index contributed by atoms with van der Waals surface area (Å²) < 4.78 is 0. The van der Waals surface area contributed by atoms with Crippen LogP contribution in [0.2, 0.25) is 0 Å². The fourth-order valence-electron chi connectivity index (χ4n) is 2.90. The first-order valence-electron chi connectivity index (χ1n) is 8.05. The van der Waals surface area contributed by atoms with Gasteiger partial charge in [0, 0.05) is 29.1 Å². The normalized spacial score (nSPS) is 12.0. The van der Waals surface area contributed by atoms with Gasteiger partial charge in [-0.1, -0.05) is 48.7 Å². The Bertz CT molecular complexity index is 1060. The Morgan fingerprint density at radius 2 is 1.92 bits per heavy atom. The van der Waals surface area contributed by atoms with Crippen LogP contribution in [0.3, 0.4) is 0 Å². The molecule has 0 bridgehead atoms. The van der Waals surface area contributed by atoms with E-state index in [4.69, 9.17) is 4.99 Å². The third kappa shape index (κ3) is 3.26. The summed E-state index contributed by atoms with van der Waals surface area (Å²) in [6, 6.07) is 19.4. The van der Waals surface area contributed by atoms with Crippen molar-refractivity contribution in [3.05, 3.63) is 76.8 Å². The minimum absolute atomic E-state index is 0.0475. The molecule has 0 N–H and O–H groups in total. The van der Waals surface area contributed by atoms with Crippen LogP contribution in [0, 0.1) is 0 Å². The summed E-state index contributed by atoms with van der Waals surface area (Å²) in [5.74, 6) is 0.0475. The maximum absolute atomic E-state index is 11.5. The van der Waals surface area contributed by atoms with Crippen molar-refractivity contribution in [2.75, 3.05) is 11.9 Å². The largest absolute Gasteiger partial charge is 0.872 e. The van der Waals surface area contributed by atoms with Crippen molar-refractivity contribution < 1.29 is 5.11 Å². The Labute approximate surface area is 151 Å². The van der Waals surface area contributed by atoms with Gasteiger partial charge in [-0.05, 0) is 41.1 Å². The zero-order chi connectivity index (χ0) is 17.4. The van der Waals surface area contributed by atoms with Crippen LogP contribution in [0.1, 0.15) is 5.56 Å². The van der Waals surface area contributed by atoms with Gasteiger partial charge in [0.2, 0.25) is 0 Å². The maximum atomic E-state index is 11.5. The summed E-state index contributed by atoms with van der Waals surface area (Å²) in [6.45, 7) is 4.69. The SMILES string of the molecule is C=c1ccc2c(c1)Sc1cc(N(C)Cc3cccc([O-])c3)ccc1N=2. The van der Waals surface area contributed by atoms with Crippen LogP contribution in [0.4, 0.5) is 11.4 Å². The van der Waals surface area contributed by atoms with E-state index in [0.717, 1.165) is 37.3 Å². The van der Waals surface area contributed by atoms with Gasteiger partial charge >= 0.3 is 0 Å². The van der Waals surface area contributed by atoms with Crippen LogP contribution in [0.15, 0.2) is 75.4 Å². The molecule has 0 amide bonds. The molecule has 0 atom stereocenters. The van der Waals surface area contributed by atoms with Crippen molar-refractivity contribution in [3.63, 3.8) is 0 Å². The second kappa shape index (κ2) is 6.30. The lowest BCUT2D eigenvalue weighted by Crippen LogP contribution is -2.17. The average Bonchev–Trinajstić information content (AvgIpc) is 2.59. The van der Waals surface area contributed by atoms with Gasteiger partial charge in [0.15, 0.2) is 0 Å². The summed E-state index contributed by atoms with van der Waals surface area (Å²) in [6.07, 6.45) is 0. The molecule has 1 aliphatic heterocycles. The first kappa shape index (κ1) is 15.8. The number of benzene rings is 3. The van der Waals surface area contributed by atoms with Crippen LogP contribution >= 0.6 is 11.8 Å². The summed E-state index contributed by atoms with van der Waals surface area (Å²) >= 11 is 1.73. The fourth-order valence-corrected chi connectivity index (χ4v) is 3.97. The fraction of sp³-hybridized carbons (Fsp3) is 0.0952. The number of hydrogen-bond acceptors (Lipinski definition) is 4. The molecule has 3 nitrogen and oxygen atoms in total. The number of nitrogens with zero attached hydrogens (tertiary/aromatic N) is 2. The van der Waals surface area contributed by atoms with E-state index in [1.165, 1.54) is 0 Å². The molecular weight excluding hydrogens is 328 g/mol. The van der Waals surface area contributed by atoms with Crippen molar-refractivity contribution in [1.29, 1.82) is 0 Å². The quantitative estimate of drug-likeness (QED) is 0.572. The van der Waals surface area contributed by atoms with Gasteiger partial charge in [-0.3, -0.25) is 0 Å². The molecule has 0 saturated carbocycles. The van der Waals surface area contributed by atoms with E-state index in [2.05, 4.69) is 35.7 Å². The van der Waals surface area contributed by atoms with Crippen molar-refractivity contribution in [1.82, 2.24) is 0 Å². The van der Waals surface area contributed by atoms with Crippen molar-refractivity contribution >= 4 is 29.7 Å². The molecular formula is C21H17N2OS-. The predicted octanol–water partition coefficient (Wildman–Crippen LogP) is 3.22. The standard InChI is InChI=1S/C21H18N2OS/c1-14-6-8-18-20(10-14)25-21-12-16(7-9-19(21)22-18)23(2)13-15-4-3-5-17(24)11-15/h3-12,24H,1,13H2,2H3/p-1. The predicted molar refractivity (Wildman–Crippen MR) is 101 cm³/mol. The van der Waals surface area contributed by atoms with Gasteiger partial charge in [-0.15, -0.1) is 5.75 Å². The third-order valence-corrected chi connectivity index (χ3v) is 5.28. The topological polar surface area (TPSA) is 38.7 Å². The highest BCUT2D eigenvalue weighted by atomic mass is 32.2. The third-order valence-electron chi connectivity index (χ3n) is 4.19. The van der Waals surface area contributed by atoms with Crippen LogP contribution in [0.25, 0.3) is 6.58 Å². The lowest BCUT2D eigenvalue weighted by molar-refractivity contribution is -0.268. The van der Waals surface area contributed by atoms with Gasteiger partial charge in [0.1, 0.15) is 0 Å². The molecule has 25 heavy (non-hydrogen) atoms. The van der Waals surface area contributed by atoms with Crippen molar-refractivity contribution in [2.24, 2.45) is 4.99 Å². The van der Waals surface area contributed by atoms with Gasteiger partial charge in [0.05, 0.1) is 11.0 Å². The Kier molecular flexibility index (Phi) is 3.98. The van der Waals surface area contributed by atoms with Gasteiger partial charge in [-0.2, -0.15) is 0 Å². The van der Waals surface area contributed by atoms with Crippen LogP contribution in [-0.4, -0.2) is 7.05 Å². The molecule has 0 unspecified atom stereocenters. The van der Waals surface area contributed by atoms with Gasteiger partial charge in [0.25, 0.3) is 0 Å². The summed E-state index contributed by atoms with van der Waals surface area (Å²) in [5.41, 5.74) is 3.11. The Balaban J connectivity index is 1.64. The second-order valence-electron chi connectivity index (χ2n) is 6.17. The van der Waals surface area contributed by atoms with Gasteiger partial charge < -0.3 is 10.0 Å². The molecule has 0 aliphatic carbocycles. The zero-order valence-electron chi connectivity index (χ0n) is 13.9. The molecule has 1 heterocycles. The minimum Gasteiger partial charge on any atom is -0.872 e. The maximum Gasteiger partial charge on any atom is 0.0778 e. The van der Waals surface area contributed by atoms with Crippen LogP contribution < -0.4 is 20.6 Å². The molecule has 1 aliphatic rings. The minimum atomic E-state index is 0.0475. The molecule has 0 spiro atoms. The van der Waals surface area contributed by atoms with E-state index in [1.807, 2.05) is 25.2 Å². The molecule has 124 valence electrons. The molecule has 4 rings (SSSR count). The Hall–Kier alpha value is -2.72. The molecule has 4 heteroatoms. The van der Waals surface area contributed by atoms with E-state index >= 15 is 0 Å². The van der Waals surface area contributed by atoms with E-state index < -0.39 is 0 Å². The van der Waals surface area contributed by atoms with Gasteiger partial charge in [-0.25, -0.2) is 4.99 Å². The van der Waals surface area contributed by atoms with Crippen LogP contribution in [-0.2, 0) is 6.54 Å². The van der Waals surface area contributed by atoms with E-state index in [1.54, 1.807) is 30.0 Å². The molecule has 0 aromatic heterocycles. The molecule has 0 saturated heterocycles. The molecule has 0 radical (unpaired) electrons. The average molecular weight is 345 g/mol. The highest BCUT2D eigenvalue weighted by Crippen LogP contribution is 2.38. The molecule has 3 aromatic carbocycles. The number of rotatable bonds is 3. The van der Waals surface area contributed by atoms with E-state index in [-0.39, 0.29) is 5.75 Å². The number of hydrogen-bond donors (Lipinski definition) is 0. The lowest BCUT2D eigenvalue weighted by Gasteiger charge is -2.22. The number of fused-ring (bicyclic) bond motifs is 2. The Morgan fingerprint density at radius 1 is 1.04 bits per heavy atom. The smallest absolute Gasteiger partial charge is 0.0778 e. The summed E-state index contributed by atoms with van der Waals surface area (Å²) in [5, 5.41) is 13.5. The molecule has 3 aromatic rings. The monoisotopic (exact) mass is 345 g/mol. The molecule has 0 fully saturated rings. The van der Waals surface area contributed by atoms with E-state index in [0.29, 0.717) is 6.54 Å². The summed E-state index contributed by atoms with van der Waals surface area (Å²) in [4.78, 5) is 9.16. The first-order chi connectivity index (χ1) is 12.1. The van der Waals surface area contributed by atoms with Crippen LogP contribution in [0.5, 0.6) is 5.75 Å². The highest BCUT2D eigenvalue weighted by molar-refractivity contribution is 7.99. The first-order valence-corrected chi connectivity index (χ1v) is 8.87. The number of anilines is 1. The summed E-state index contributed by atoms with van der Waals surface area (Å²) in [7, 11) is 2.03. The van der Waals surface area contributed by atoms with E-state index in [9.17, 15) is 5.11 Å². The lowest BCUT2D eigenvalue weighted by atomic mass is 10.2.